The quantitative estimate of drug-likeness (QED) is 0.0169. The summed E-state index contributed by atoms with van der Waals surface area (Å²) in [4.78, 5) is 23.9. The van der Waals surface area contributed by atoms with E-state index < -0.39 is 11.9 Å². The summed E-state index contributed by atoms with van der Waals surface area (Å²) < 4.78 is 7.30. The SMILES string of the molecule is CCCCCCCCCCCCCCn1c2ccc(C#Cc3ccc4c(c3)c3cc(/C=C(/C#N)C(=O)O)ccc3n4CCCCCCCCCCCCCC)cc2c2cc(C#Cc3ccc4c(c3)c3cc(/C=C(/C#N)C(=O)O)ccc3n4CCCCCCCCCCCCCC)ccc21. The van der Waals surface area contributed by atoms with E-state index in [1.165, 1.54) is 235 Å². The molecular weight excluding hydrogens is 1220 g/mol. The Bertz CT molecular complexity index is 4160. The number of unbranched alkanes of at least 4 members (excludes halogenated alkanes) is 33. The standard InChI is InChI=1S/C90H109N5O4/c1-4-7-10-13-16-19-22-25-28-31-34-37-56-93-83-50-44-69(40-42-71-46-52-85-79(63-71)81-65-73(59-75(67-91)89(96)97)48-54-87(81)94(85)57-38-35-32-29-26-23-20-17-14-11-8-5-2)61-77(83)78-62-70(45-51-84(78)93)41-43-72-47-53-86-80(64-72)82-66-74(60-76(68-92)90(98)99)49-55-88(82)95(86)58-39-36-33-30-27-24-21-18-15-12-9-6-3/h44-55,59-66H,4-39,56-58H2,1-3H3,(H,96,97)(H,98,99)/b75-59-,76-60-. The molecule has 9 nitrogen and oxygen atoms in total. The molecule has 0 bridgehead atoms. The number of carboxylic acids is 2. The van der Waals surface area contributed by atoms with Crippen molar-refractivity contribution in [2.24, 2.45) is 0 Å². The molecule has 0 saturated carbocycles. The van der Waals surface area contributed by atoms with Crippen LogP contribution in [0.1, 0.15) is 285 Å². The summed E-state index contributed by atoms with van der Waals surface area (Å²) in [6.45, 7) is 9.51. The lowest BCUT2D eigenvalue weighted by Crippen LogP contribution is -1.98. The van der Waals surface area contributed by atoms with E-state index in [1.807, 2.05) is 36.4 Å². The Kier molecular flexibility index (Phi) is 30.3. The van der Waals surface area contributed by atoms with Crippen LogP contribution in [0.5, 0.6) is 0 Å². The lowest BCUT2D eigenvalue weighted by Gasteiger charge is -2.08. The molecule has 0 spiro atoms. The zero-order chi connectivity index (χ0) is 69.4. The van der Waals surface area contributed by atoms with Crippen molar-refractivity contribution < 1.29 is 19.8 Å². The van der Waals surface area contributed by atoms with Crippen LogP contribution in [0.4, 0.5) is 0 Å². The first-order valence-corrected chi connectivity index (χ1v) is 38.5. The van der Waals surface area contributed by atoms with Crippen LogP contribution in [-0.4, -0.2) is 35.9 Å². The minimum Gasteiger partial charge on any atom is -0.477 e. The van der Waals surface area contributed by atoms with Gasteiger partial charge in [0, 0.05) is 107 Å². The summed E-state index contributed by atoms with van der Waals surface area (Å²) in [5.74, 6) is 11.7. The fraction of sp³-hybridized carbons (Fsp3) is 0.467. The summed E-state index contributed by atoms with van der Waals surface area (Å²) in [6, 6.07) is 41.9. The summed E-state index contributed by atoms with van der Waals surface area (Å²) in [5.41, 5.74) is 11.1. The Morgan fingerprint density at radius 1 is 0.303 bits per heavy atom. The molecule has 0 saturated heterocycles. The third-order valence-corrected chi connectivity index (χ3v) is 20.4. The Morgan fingerprint density at radius 2 is 0.505 bits per heavy atom. The average molecular weight is 1320 g/mol. The fourth-order valence-corrected chi connectivity index (χ4v) is 14.8. The summed E-state index contributed by atoms with van der Waals surface area (Å²) in [5, 5.41) is 45.2. The minimum absolute atomic E-state index is 0.299. The third kappa shape index (κ3) is 21.6. The van der Waals surface area contributed by atoms with Gasteiger partial charge in [-0.05, 0) is 140 Å². The van der Waals surface area contributed by atoms with Crippen LogP contribution in [0.15, 0.2) is 120 Å². The number of aliphatic carboxylic acids is 2. The molecule has 0 aliphatic carbocycles. The smallest absolute Gasteiger partial charge is 0.346 e. The number of rotatable bonds is 43. The van der Waals surface area contributed by atoms with Gasteiger partial charge < -0.3 is 23.9 Å². The molecule has 3 heterocycles. The van der Waals surface area contributed by atoms with Gasteiger partial charge >= 0.3 is 11.9 Å². The fourth-order valence-electron chi connectivity index (χ4n) is 14.8. The number of carboxylic acid groups (broad SMARTS) is 2. The molecule has 518 valence electrons. The Morgan fingerprint density at radius 3 is 0.717 bits per heavy atom. The van der Waals surface area contributed by atoms with Crippen molar-refractivity contribution in [2.45, 2.75) is 272 Å². The normalized spacial score (nSPS) is 11.8. The van der Waals surface area contributed by atoms with Crippen molar-refractivity contribution >= 4 is 89.5 Å². The number of hydrogen-bond acceptors (Lipinski definition) is 4. The summed E-state index contributed by atoms with van der Waals surface area (Å²) in [7, 11) is 0. The monoisotopic (exact) mass is 1320 g/mol. The molecule has 9 rings (SSSR count). The predicted molar refractivity (Wildman–Crippen MR) is 416 cm³/mol. The van der Waals surface area contributed by atoms with E-state index in [4.69, 9.17) is 0 Å². The van der Waals surface area contributed by atoms with Crippen LogP contribution < -0.4 is 0 Å². The molecule has 6 aromatic carbocycles. The largest absolute Gasteiger partial charge is 0.477 e. The highest BCUT2D eigenvalue weighted by atomic mass is 16.4. The van der Waals surface area contributed by atoms with Gasteiger partial charge in [-0.25, -0.2) is 9.59 Å². The van der Waals surface area contributed by atoms with Crippen LogP contribution in [0.25, 0.3) is 77.6 Å². The molecule has 0 aliphatic heterocycles. The van der Waals surface area contributed by atoms with Crippen molar-refractivity contribution in [2.75, 3.05) is 0 Å². The maximum Gasteiger partial charge on any atom is 0.346 e. The van der Waals surface area contributed by atoms with Gasteiger partial charge in [-0.2, -0.15) is 10.5 Å². The van der Waals surface area contributed by atoms with Crippen LogP contribution in [0.3, 0.4) is 0 Å². The Labute approximate surface area is 591 Å². The number of fused-ring (bicyclic) bond motifs is 9. The van der Waals surface area contributed by atoms with E-state index in [1.54, 1.807) is 0 Å². The molecule has 0 fully saturated rings. The maximum absolute atomic E-state index is 11.9. The van der Waals surface area contributed by atoms with E-state index in [-0.39, 0.29) is 11.1 Å². The van der Waals surface area contributed by atoms with Crippen molar-refractivity contribution in [1.82, 2.24) is 13.7 Å². The first-order chi connectivity index (χ1) is 48.6. The summed E-state index contributed by atoms with van der Waals surface area (Å²) >= 11 is 0. The van der Waals surface area contributed by atoms with Gasteiger partial charge in [-0.3, -0.25) is 0 Å². The number of carbonyl (C=O) groups is 2. The van der Waals surface area contributed by atoms with Gasteiger partial charge in [0.1, 0.15) is 23.3 Å². The molecule has 0 atom stereocenters. The molecule has 0 amide bonds. The molecule has 0 radical (unpaired) electrons. The Balaban J connectivity index is 0.982. The zero-order valence-electron chi connectivity index (χ0n) is 60.1. The number of benzene rings is 6. The second-order valence-electron chi connectivity index (χ2n) is 28.1. The van der Waals surface area contributed by atoms with Gasteiger partial charge in [0.25, 0.3) is 0 Å². The van der Waals surface area contributed by atoms with Gasteiger partial charge in [-0.1, -0.05) is 268 Å². The maximum atomic E-state index is 11.9. The first-order valence-electron chi connectivity index (χ1n) is 38.5. The van der Waals surface area contributed by atoms with Gasteiger partial charge in [-0.15, -0.1) is 0 Å². The van der Waals surface area contributed by atoms with Gasteiger partial charge in [0.05, 0.1) is 0 Å². The number of hydrogen-bond donors (Lipinski definition) is 2. The van der Waals surface area contributed by atoms with E-state index in [2.05, 4.69) is 143 Å². The molecule has 3 aromatic heterocycles. The third-order valence-electron chi connectivity index (χ3n) is 20.4. The van der Waals surface area contributed by atoms with Crippen molar-refractivity contribution in [3.05, 3.63) is 154 Å². The Hall–Kier alpha value is -8.76. The van der Waals surface area contributed by atoms with Crippen LogP contribution in [-0.2, 0) is 29.2 Å². The number of aryl methyl sites for hydroxylation is 3. The lowest BCUT2D eigenvalue weighted by atomic mass is 10.0. The van der Waals surface area contributed by atoms with E-state index >= 15 is 0 Å². The molecule has 0 aliphatic rings. The molecule has 2 N–H and O–H groups in total. The van der Waals surface area contributed by atoms with E-state index in [0.717, 1.165) is 116 Å². The van der Waals surface area contributed by atoms with Crippen LogP contribution in [0.2, 0.25) is 0 Å². The number of nitriles is 2. The molecule has 0 unspecified atom stereocenters. The average Bonchev–Trinajstić information content (AvgIpc) is 1.62. The number of aromatic nitrogens is 3. The first kappa shape index (κ1) is 74.5. The van der Waals surface area contributed by atoms with Crippen molar-refractivity contribution in [3.63, 3.8) is 0 Å². The van der Waals surface area contributed by atoms with Gasteiger partial charge in [0.2, 0.25) is 0 Å². The minimum atomic E-state index is -1.24. The van der Waals surface area contributed by atoms with Crippen LogP contribution in [0, 0.1) is 46.3 Å². The lowest BCUT2D eigenvalue weighted by molar-refractivity contribution is -0.133. The summed E-state index contributed by atoms with van der Waals surface area (Å²) in [6.07, 6.45) is 49.4. The highest BCUT2D eigenvalue weighted by Gasteiger charge is 2.17. The second kappa shape index (κ2) is 40.3. The van der Waals surface area contributed by atoms with E-state index in [0.29, 0.717) is 11.1 Å². The predicted octanol–water partition coefficient (Wildman–Crippen LogP) is 24.9. The topological polar surface area (TPSA) is 137 Å². The molecule has 9 aromatic rings. The van der Waals surface area contributed by atoms with Crippen molar-refractivity contribution in [1.29, 1.82) is 10.5 Å². The highest BCUT2D eigenvalue weighted by molar-refractivity contribution is 6.12. The number of nitrogens with zero attached hydrogens (tertiary/aromatic N) is 5. The zero-order valence-corrected chi connectivity index (χ0v) is 60.1. The van der Waals surface area contributed by atoms with Gasteiger partial charge in [0.15, 0.2) is 0 Å². The highest BCUT2D eigenvalue weighted by Crippen LogP contribution is 2.36. The van der Waals surface area contributed by atoms with E-state index in [9.17, 15) is 30.3 Å². The molecule has 9 heteroatoms. The molecule has 99 heavy (non-hydrogen) atoms. The van der Waals surface area contributed by atoms with Crippen molar-refractivity contribution in [3.8, 4) is 35.8 Å². The second-order valence-corrected chi connectivity index (χ2v) is 28.1. The molecular formula is C90H109N5O4. The van der Waals surface area contributed by atoms with Crippen LogP contribution >= 0.6 is 0 Å².